The first-order valence-corrected chi connectivity index (χ1v) is 4.66. The summed E-state index contributed by atoms with van der Waals surface area (Å²) in [5, 5.41) is 10.6. The number of hydrogen-bond acceptors (Lipinski definition) is 2. The van der Waals surface area contributed by atoms with Crippen LogP contribution in [0.1, 0.15) is 18.6 Å². The Morgan fingerprint density at radius 3 is 2.36 bits per heavy atom. The minimum Gasteiger partial charge on any atom is -0.387 e. The van der Waals surface area contributed by atoms with E-state index in [-0.39, 0.29) is 18.4 Å². The van der Waals surface area contributed by atoms with E-state index in [0.717, 1.165) is 0 Å². The lowest BCUT2D eigenvalue weighted by Crippen LogP contribution is -2.24. The SMILES string of the molecule is CC(N)C(O)c1ccc(Cl)cc1Cl.Cl. The lowest BCUT2D eigenvalue weighted by molar-refractivity contribution is 0.153. The van der Waals surface area contributed by atoms with Crippen molar-refractivity contribution in [3.63, 3.8) is 0 Å². The van der Waals surface area contributed by atoms with Crippen LogP contribution in [0, 0.1) is 0 Å². The van der Waals surface area contributed by atoms with Crippen molar-refractivity contribution in [3.8, 4) is 0 Å². The van der Waals surface area contributed by atoms with Crippen LogP contribution in [-0.2, 0) is 0 Å². The van der Waals surface area contributed by atoms with Gasteiger partial charge in [-0.25, -0.2) is 0 Å². The molecule has 1 aromatic carbocycles. The fraction of sp³-hybridized carbons (Fsp3) is 0.333. The average Bonchev–Trinajstić information content (AvgIpc) is 2.03. The average molecular weight is 257 g/mol. The lowest BCUT2D eigenvalue weighted by atomic mass is 10.0. The lowest BCUT2D eigenvalue weighted by Gasteiger charge is -2.16. The number of benzene rings is 1. The summed E-state index contributed by atoms with van der Waals surface area (Å²) >= 11 is 11.6. The van der Waals surface area contributed by atoms with Crippen molar-refractivity contribution in [1.82, 2.24) is 0 Å². The van der Waals surface area contributed by atoms with Crippen molar-refractivity contribution in [2.45, 2.75) is 19.1 Å². The van der Waals surface area contributed by atoms with E-state index in [1.165, 1.54) is 0 Å². The topological polar surface area (TPSA) is 46.2 Å². The number of nitrogens with two attached hydrogens (primary N) is 1. The van der Waals surface area contributed by atoms with Crippen molar-refractivity contribution >= 4 is 35.6 Å². The van der Waals surface area contributed by atoms with Crippen LogP contribution in [0.5, 0.6) is 0 Å². The molecular formula is C9H12Cl3NO. The zero-order chi connectivity index (χ0) is 10.0. The summed E-state index contributed by atoms with van der Waals surface area (Å²) in [6.45, 7) is 1.72. The molecule has 1 rings (SSSR count). The number of hydrogen-bond donors (Lipinski definition) is 2. The highest BCUT2D eigenvalue weighted by atomic mass is 35.5. The number of aliphatic hydroxyl groups is 1. The molecule has 0 amide bonds. The van der Waals surface area contributed by atoms with Gasteiger partial charge in [0.25, 0.3) is 0 Å². The third-order valence-electron chi connectivity index (χ3n) is 1.78. The molecule has 14 heavy (non-hydrogen) atoms. The molecule has 0 radical (unpaired) electrons. The second-order valence-electron chi connectivity index (χ2n) is 2.97. The van der Waals surface area contributed by atoms with Crippen LogP contribution in [0.25, 0.3) is 0 Å². The van der Waals surface area contributed by atoms with E-state index in [2.05, 4.69) is 0 Å². The third kappa shape index (κ3) is 3.30. The molecule has 2 atom stereocenters. The molecule has 2 nitrogen and oxygen atoms in total. The Balaban J connectivity index is 0.00000169. The van der Waals surface area contributed by atoms with E-state index in [4.69, 9.17) is 28.9 Å². The van der Waals surface area contributed by atoms with Gasteiger partial charge < -0.3 is 10.8 Å². The van der Waals surface area contributed by atoms with Gasteiger partial charge in [0, 0.05) is 21.7 Å². The summed E-state index contributed by atoms with van der Waals surface area (Å²) in [5.74, 6) is 0. The Morgan fingerprint density at radius 1 is 1.36 bits per heavy atom. The van der Waals surface area contributed by atoms with E-state index >= 15 is 0 Å². The van der Waals surface area contributed by atoms with Crippen LogP contribution in [0.3, 0.4) is 0 Å². The molecular weight excluding hydrogens is 244 g/mol. The minimum absolute atomic E-state index is 0. The predicted molar refractivity (Wildman–Crippen MR) is 62.3 cm³/mol. The van der Waals surface area contributed by atoms with Gasteiger partial charge in [-0.2, -0.15) is 0 Å². The van der Waals surface area contributed by atoms with Crippen molar-refractivity contribution in [2.24, 2.45) is 5.73 Å². The van der Waals surface area contributed by atoms with Gasteiger partial charge in [0.05, 0.1) is 6.10 Å². The highest BCUT2D eigenvalue weighted by Crippen LogP contribution is 2.27. The summed E-state index contributed by atoms with van der Waals surface area (Å²) in [4.78, 5) is 0. The largest absolute Gasteiger partial charge is 0.387 e. The molecule has 0 aromatic heterocycles. The van der Waals surface area contributed by atoms with Crippen molar-refractivity contribution < 1.29 is 5.11 Å². The van der Waals surface area contributed by atoms with Gasteiger partial charge in [-0.05, 0) is 19.1 Å². The third-order valence-corrected chi connectivity index (χ3v) is 2.34. The maximum atomic E-state index is 9.62. The molecule has 0 aliphatic heterocycles. The summed E-state index contributed by atoms with van der Waals surface area (Å²) in [6, 6.07) is 4.59. The quantitative estimate of drug-likeness (QED) is 0.855. The smallest absolute Gasteiger partial charge is 0.0952 e. The summed E-state index contributed by atoms with van der Waals surface area (Å²) in [5.41, 5.74) is 6.15. The Labute approximate surface area is 99.4 Å². The summed E-state index contributed by atoms with van der Waals surface area (Å²) < 4.78 is 0. The molecule has 0 spiro atoms. The first-order valence-electron chi connectivity index (χ1n) is 3.91. The standard InChI is InChI=1S/C9H11Cl2NO.ClH/c1-5(12)9(13)7-3-2-6(10)4-8(7)11;/h2-5,9,13H,12H2,1H3;1H. The van der Waals surface area contributed by atoms with E-state index < -0.39 is 6.10 Å². The molecule has 0 heterocycles. The van der Waals surface area contributed by atoms with Crippen molar-refractivity contribution in [3.05, 3.63) is 33.8 Å². The highest BCUT2D eigenvalue weighted by molar-refractivity contribution is 6.35. The Morgan fingerprint density at radius 2 is 1.93 bits per heavy atom. The fourth-order valence-electron chi connectivity index (χ4n) is 1.02. The molecule has 1 aromatic rings. The van der Waals surface area contributed by atoms with Gasteiger partial charge in [0.1, 0.15) is 0 Å². The minimum atomic E-state index is -0.746. The molecule has 0 fully saturated rings. The second-order valence-corrected chi connectivity index (χ2v) is 3.81. The van der Waals surface area contributed by atoms with Gasteiger partial charge in [0.15, 0.2) is 0 Å². The van der Waals surface area contributed by atoms with Gasteiger partial charge in [-0.3, -0.25) is 0 Å². The Kier molecular flexibility index (Phi) is 5.79. The molecule has 5 heteroatoms. The molecule has 2 unspecified atom stereocenters. The van der Waals surface area contributed by atoms with Crippen molar-refractivity contribution in [1.29, 1.82) is 0 Å². The zero-order valence-corrected chi connectivity index (χ0v) is 9.90. The molecule has 80 valence electrons. The molecule has 0 aliphatic rings. The molecule has 0 bridgehead atoms. The number of aliphatic hydroxyl groups excluding tert-OH is 1. The second kappa shape index (κ2) is 5.79. The normalized spacial score (nSPS) is 14.4. The van der Waals surface area contributed by atoms with E-state index in [1.807, 2.05) is 0 Å². The molecule has 0 saturated heterocycles. The van der Waals surface area contributed by atoms with Crippen molar-refractivity contribution in [2.75, 3.05) is 0 Å². The number of halogens is 3. The Hall–Kier alpha value is 0.01000. The van der Waals surface area contributed by atoms with Crippen LogP contribution in [-0.4, -0.2) is 11.1 Å². The van der Waals surface area contributed by atoms with Gasteiger partial charge in [-0.15, -0.1) is 12.4 Å². The maximum absolute atomic E-state index is 9.62. The van der Waals surface area contributed by atoms with Gasteiger partial charge in [-0.1, -0.05) is 29.3 Å². The van der Waals surface area contributed by atoms with Crippen LogP contribution < -0.4 is 5.73 Å². The summed E-state index contributed by atoms with van der Waals surface area (Å²) in [7, 11) is 0. The fourth-order valence-corrected chi connectivity index (χ4v) is 1.54. The van der Waals surface area contributed by atoms with E-state index in [0.29, 0.717) is 15.6 Å². The van der Waals surface area contributed by atoms with Crippen LogP contribution in [0.2, 0.25) is 10.0 Å². The first kappa shape index (κ1) is 14.0. The first-order chi connectivity index (χ1) is 6.02. The monoisotopic (exact) mass is 255 g/mol. The molecule has 0 saturated carbocycles. The van der Waals surface area contributed by atoms with Gasteiger partial charge in [0.2, 0.25) is 0 Å². The van der Waals surface area contributed by atoms with Gasteiger partial charge >= 0.3 is 0 Å². The van der Waals surface area contributed by atoms with Crippen LogP contribution >= 0.6 is 35.6 Å². The van der Waals surface area contributed by atoms with Crippen LogP contribution in [0.15, 0.2) is 18.2 Å². The number of rotatable bonds is 2. The zero-order valence-electron chi connectivity index (χ0n) is 7.58. The highest BCUT2D eigenvalue weighted by Gasteiger charge is 2.15. The summed E-state index contributed by atoms with van der Waals surface area (Å²) in [6.07, 6.45) is -0.746. The van der Waals surface area contributed by atoms with Crippen LogP contribution in [0.4, 0.5) is 0 Å². The Bertz CT molecular complexity index is 304. The predicted octanol–water partition coefficient (Wildman–Crippen LogP) is 2.80. The molecule has 3 N–H and O–H groups in total. The van der Waals surface area contributed by atoms with E-state index in [1.54, 1.807) is 25.1 Å². The van der Waals surface area contributed by atoms with E-state index in [9.17, 15) is 5.11 Å². The molecule has 0 aliphatic carbocycles. The maximum Gasteiger partial charge on any atom is 0.0952 e.